The van der Waals surface area contributed by atoms with E-state index in [9.17, 15) is 0 Å². The molecule has 1 atom stereocenters. The second-order valence-electron chi connectivity index (χ2n) is 2.17. The Labute approximate surface area is 65.1 Å². The minimum Gasteiger partial charge on any atom is -0.198 e. The number of nitriles is 1. The highest BCUT2D eigenvalue weighted by molar-refractivity contribution is 4.77. The predicted molar refractivity (Wildman–Crippen MR) is 45.7 cm³/mol. The van der Waals surface area contributed by atoms with E-state index in [2.05, 4.69) is 13.0 Å². The molecular weight excluding hydrogens is 122 g/mol. The third-order valence-electron chi connectivity index (χ3n) is 1.21. The maximum atomic E-state index is 8.31. The summed E-state index contributed by atoms with van der Waals surface area (Å²) in [7, 11) is 0. The molecule has 0 heterocycles. The van der Waals surface area contributed by atoms with Crippen LogP contribution < -0.4 is 0 Å². The van der Waals surface area contributed by atoms with Crippen LogP contribution in [0.25, 0.3) is 0 Å². The van der Waals surface area contributed by atoms with Crippen molar-refractivity contribution in [1.29, 1.82) is 5.26 Å². The molecule has 0 N–H and O–H groups in total. The first kappa shape index (κ1) is 12.2. The van der Waals surface area contributed by atoms with Crippen LogP contribution in [0.5, 0.6) is 0 Å². The van der Waals surface area contributed by atoms with Gasteiger partial charge in [-0.05, 0) is 13.3 Å². The van der Waals surface area contributed by atoms with Crippen molar-refractivity contribution in [2.45, 2.75) is 47.0 Å². The first-order chi connectivity index (χ1) is 4.81. The van der Waals surface area contributed by atoms with Crippen molar-refractivity contribution in [3.05, 3.63) is 0 Å². The molecule has 0 aliphatic carbocycles. The monoisotopic (exact) mass is 141 g/mol. The Morgan fingerprint density at radius 1 is 1.40 bits per heavy atom. The molecular formula is C9H19N. The number of rotatable bonds is 3. The fraction of sp³-hybridized carbons (Fsp3) is 0.889. The SMILES string of the molecule is CC.CCCCC(C)C#N. The first-order valence-electron chi connectivity index (χ1n) is 4.20. The summed E-state index contributed by atoms with van der Waals surface area (Å²) in [5.41, 5.74) is 0. The highest BCUT2D eigenvalue weighted by atomic mass is 14.2. The lowest BCUT2D eigenvalue weighted by molar-refractivity contribution is 0.608. The quantitative estimate of drug-likeness (QED) is 0.591. The Hall–Kier alpha value is -0.510. The lowest BCUT2D eigenvalue weighted by Gasteiger charge is -1.96. The highest BCUT2D eigenvalue weighted by Crippen LogP contribution is 2.04. The van der Waals surface area contributed by atoms with Gasteiger partial charge in [-0.1, -0.05) is 33.6 Å². The molecule has 60 valence electrons. The number of nitrogens with zero attached hydrogens (tertiary/aromatic N) is 1. The van der Waals surface area contributed by atoms with Gasteiger partial charge in [-0.25, -0.2) is 0 Å². The van der Waals surface area contributed by atoms with Crippen molar-refractivity contribution < 1.29 is 0 Å². The van der Waals surface area contributed by atoms with E-state index in [0.717, 1.165) is 6.42 Å². The normalized spacial score (nSPS) is 10.7. The van der Waals surface area contributed by atoms with Gasteiger partial charge in [0.05, 0.1) is 6.07 Å². The zero-order valence-corrected chi connectivity index (χ0v) is 7.65. The molecule has 10 heavy (non-hydrogen) atoms. The van der Waals surface area contributed by atoms with Gasteiger partial charge >= 0.3 is 0 Å². The van der Waals surface area contributed by atoms with Crippen LogP contribution in [0.4, 0.5) is 0 Å². The molecule has 0 spiro atoms. The lowest BCUT2D eigenvalue weighted by atomic mass is 10.1. The maximum Gasteiger partial charge on any atom is 0.0652 e. The van der Waals surface area contributed by atoms with Crippen LogP contribution >= 0.6 is 0 Å². The van der Waals surface area contributed by atoms with Gasteiger partial charge in [0.25, 0.3) is 0 Å². The van der Waals surface area contributed by atoms with Crippen molar-refractivity contribution in [3.63, 3.8) is 0 Å². The minimum atomic E-state index is 0.259. The van der Waals surface area contributed by atoms with E-state index in [0.29, 0.717) is 0 Å². The summed E-state index contributed by atoms with van der Waals surface area (Å²) in [6.45, 7) is 8.11. The van der Waals surface area contributed by atoms with E-state index >= 15 is 0 Å². The van der Waals surface area contributed by atoms with Gasteiger partial charge < -0.3 is 0 Å². The average molecular weight is 141 g/mol. The molecule has 0 saturated heterocycles. The van der Waals surface area contributed by atoms with Crippen LogP contribution in [-0.4, -0.2) is 0 Å². The summed E-state index contributed by atoms with van der Waals surface area (Å²) in [5.74, 6) is 0.259. The van der Waals surface area contributed by atoms with Gasteiger partial charge in [-0.3, -0.25) is 0 Å². The highest BCUT2D eigenvalue weighted by Gasteiger charge is 1.95. The Kier molecular flexibility index (Phi) is 13.8. The molecule has 0 radical (unpaired) electrons. The van der Waals surface area contributed by atoms with Gasteiger partial charge in [-0.2, -0.15) is 5.26 Å². The predicted octanol–water partition coefficient (Wildman–Crippen LogP) is 3.36. The van der Waals surface area contributed by atoms with E-state index < -0.39 is 0 Å². The molecule has 0 aromatic rings. The van der Waals surface area contributed by atoms with Gasteiger partial charge in [-0.15, -0.1) is 0 Å². The van der Waals surface area contributed by atoms with Crippen LogP contribution in [0.2, 0.25) is 0 Å². The standard InChI is InChI=1S/C7H13N.C2H6/c1-3-4-5-7(2)6-8;1-2/h7H,3-5H2,1-2H3;1-2H3. The Bertz CT molecular complexity index is 81.2. The van der Waals surface area contributed by atoms with Crippen molar-refractivity contribution >= 4 is 0 Å². The van der Waals surface area contributed by atoms with E-state index in [4.69, 9.17) is 5.26 Å². The second kappa shape index (κ2) is 11.3. The van der Waals surface area contributed by atoms with Crippen LogP contribution in [0.3, 0.4) is 0 Å². The van der Waals surface area contributed by atoms with Gasteiger partial charge in [0.2, 0.25) is 0 Å². The van der Waals surface area contributed by atoms with Gasteiger partial charge in [0, 0.05) is 5.92 Å². The fourth-order valence-electron chi connectivity index (χ4n) is 0.575. The molecule has 0 bridgehead atoms. The Morgan fingerprint density at radius 2 is 1.90 bits per heavy atom. The largest absolute Gasteiger partial charge is 0.198 e. The molecule has 0 saturated carbocycles. The average Bonchev–Trinajstić information content (AvgIpc) is 2.04. The van der Waals surface area contributed by atoms with Crippen LogP contribution in [0, 0.1) is 17.2 Å². The summed E-state index contributed by atoms with van der Waals surface area (Å²) >= 11 is 0. The molecule has 0 aliphatic rings. The van der Waals surface area contributed by atoms with Crippen molar-refractivity contribution in [1.82, 2.24) is 0 Å². The Morgan fingerprint density at radius 3 is 2.20 bits per heavy atom. The Balaban J connectivity index is 0. The molecule has 0 amide bonds. The molecule has 0 aromatic carbocycles. The summed E-state index contributed by atoms with van der Waals surface area (Å²) in [5, 5.41) is 8.31. The zero-order chi connectivity index (χ0) is 8.41. The second-order valence-corrected chi connectivity index (χ2v) is 2.17. The number of unbranched alkanes of at least 4 members (excludes halogenated alkanes) is 1. The summed E-state index contributed by atoms with van der Waals surface area (Å²) < 4.78 is 0. The van der Waals surface area contributed by atoms with Crippen LogP contribution in [0.15, 0.2) is 0 Å². The van der Waals surface area contributed by atoms with Crippen LogP contribution in [-0.2, 0) is 0 Å². The number of hydrogen-bond acceptors (Lipinski definition) is 1. The van der Waals surface area contributed by atoms with Crippen LogP contribution in [0.1, 0.15) is 47.0 Å². The van der Waals surface area contributed by atoms with Gasteiger partial charge in [0.15, 0.2) is 0 Å². The molecule has 0 aliphatic heterocycles. The first-order valence-corrected chi connectivity index (χ1v) is 4.20. The molecule has 1 nitrogen and oxygen atoms in total. The molecule has 1 heteroatoms. The molecule has 0 fully saturated rings. The van der Waals surface area contributed by atoms with E-state index in [-0.39, 0.29) is 5.92 Å². The van der Waals surface area contributed by atoms with E-state index in [1.165, 1.54) is 12.8 Å². The maximum absolute atomic E-state index is 8.31. The minimum absolute atomic E-state index is 0.259. The van der Waals surface area contributed by atoms with Crippen molar-refractivity contribution in [3.8, 4) is 6.07 Å². The number of hydrogen-bond donors (Lipinski definition) is 0. The zero-order valence-electron chi connectivity index (χ0n) is 7.65. The van der Waals surface area contributed by atoms with Crippen molar-refractivity contribution in [2.75, 3.05) is 0 Å². The summed E-state index contributed by atoms with van der Waals surface area (Å²) in [6.07, 6.45) is 3.45. The molecule has 0 rings (SSSR count). The third kappa shape index (κ3) is 10.5. The molecule has 0 aromatic heterocycles. The fourth-order valence-corrected chi connectivity index (χ4v) is 0.575. The lowest BCUT2D eigenvalue weighted by Crippen LogP contribution is -1.87. The van der Waals surface area contributed by atoms with Crippen molar-refractivity contribution in [2.24, 2.45) is 5.92 Å². The van der Waals surface area contributed by atoms with E-state index in [1.807, 2.05) is 20.8 Å². The smallest absolute Gasteiger partial charge is 0.0652 e. The van der Waals surface area contributed by atoms with Gasteiger partial charge in [0.1, 0.15) is 0 Å². The third-order valence-corrected chi connectivity index (χ3v) is 1.21. The molecule has 1 unspecified atom stereocenters. The summed E-state index contributed by atoms with van der Waals surface area (Å²) in [6, 6.07) is 2.20. The topological polar surface area (TPSA) is 23.8 Å². The van der Waals surface area contributed by atoms with E-state index in [1.54, 1.807) is 0 Å². The summed E-state index contributed by atoms with van der Waals surface area (Å²) in [4.78, 5) is 0.